The van der Waals surface area contributed by atoms with Crippen LogP contribution in [0.15, 0.2) is 35.2 Å². The van der Waals surface area contributed by atoms with Crippen molar-refractivity contribution in [2.75, 3.05) is 39.4 Å². The highest BCUT2D eigenvalue weighted by Crippen LogP contribution is 2.32. The lowest BCUT2D eigenvalue weighted by Crippen LogP contribution is -2.42. The zero-order valence-corrected chi connectivity index (χ0v) is 13.9. The van der Waals surface area contributed by atoms with E-state index in [1.54, 1.807) is 4.90 Å². The second-order valence-electron chi connectivity index (χ2n) is 5.20. The topological polar surface area (TPSA) is 32.8 Å². The Morgan fingerprint density at radius 1 is 1.18 bits per heavy atom. The minimum Gasteiger partial charge on any atom is -0.379 e. The molecule has 3 rings (SSSR count). The van der Waals surface area contributed by atoms with E-state index in [1.807, 2.05) is 36.4 Å². The average Bonchev–Trinajstić information content (AvgIpc) is 2.81. The van der Waals surface area contributed by atoms with Crippen molar-refractivity contribution in [3.8, 4) is 0 Å². The summed E-state index contributed by atoms with van der Waals surface area (Å²) in [5.41, 5.74) is 1.02. The molecule has 2 aliphatic heterocycles. The molecule has 0 unspecified atom stereocenters. The van der Waals surface area contributed by atoms with Crippen LogP contribution in [0.2, 0.25) is 0 Å². The van der Waals surface area contributed by atoms with Crippen LogP contribution < -0.4 is 0 Å². The van der Waals surface area contributed by atoms with Crippen LogP contribution in [0.4, 0.5) is 0 Å². The van der Waals surface area contributed by atoms with E-state index in [9.17, 15) is 4.79 Å². The van der Waals surface area contributed by atoms with E-state index in [-0.39, 0.29) is 5.91 Å². The average molecular weight is 334 g/mol. The van der Waals surface area contributed by atoms with Crippen LogP contribution in [0.3, 0.4) is 0 Å². The molecule has 1 aromatic carbocycles. The van der Waals surface area contributed by atoms with Crippen molar-refractivity contribution in [2.45, 2.75) is 0 Å². The summed E-state index contributed by atoms with van der Waals surface area (Å²) in [6.45, 7) is 4.88. The molecule has 0 spiro atoms. The summed E-state index contributed by atoms with van der Waals surface area (Å²) in [7, 11) is 0. The Balaban J connectivity index is 1.62. The van der Waals surface area contributed by atoms with Gasteiger partial charge in [-0.15, -0.1) is 0 Å². The molecular weight excluding hydrogens is 316 g/mol. The first-order chi connectivity index (χ1) is 10.7. The van der Waals surface area contributed by atoms with E-state index in [2.05, 4.69) is 4.90 Å². The third-order valence-electron chi connectivity index (χ3n) is 3.71. The van der Waals surface area contributed by atoms with Gasteiger partial charge < -0.3 is 4.74 Å². The lowest BCUT2D eigenvalue weighted by atomic mass is 10.2. The maximum Gasteiger partial charge on any atom is 0.266 e. The smallest absolute Gasteiger partial charge is 0.266 e. The zero-order chi connectivity index (χ0) is 15.4. The number of ether oxygens (including phenoxy) is 1. The highest BCUT2D eigenvalue weighted by molar-refractivity contribution is 8.26. The van der Waals surface area contributed by atoms with Crippen LogP contribution in [-0.2, 0) is 9.53 Å². The second kappa shape index (κ2) is 7.37. The number of hydrogen-bond acceptors (Lipinski definition) is 5. The maximum atomic E-state index is 12.5. The van der Waals surface area contributed by atoms with Crippen LogP contribution in [0.1, 0.15) is 5.56 Å². The first-order valence-corrected chi connectivity index (χ1v) is 8.57. The van der Waals surface area contributed by atoms with Crippen molar-refractivity contribution in [3.63, 3.8) is 0 Å². The summed E-state index contributed by atoms with van der Waals surface area (Å²) in [5.74, 6) is 0.0205. The molecule has 0 N–H and O–H groups in total. The summed E-state index contributed by atoms with van der Waals surface area (Å²) >= 11 is 6.75. The van der Waals surface area contributed by atoms with E-state index in [0.717, 1.165) is 38.4 Å². The lowest BCUT2D eigenvalue weighted by Gasteiger charge is -2.28. The highest BCUT2D eigenvalue weighted by atomic mass is 32.2. The molecule has 2 saturated heterocycles. The fraction of sp³-hybridized carbons (Fsp3) is 0.375. The molecule has 0 aromatic heterocycles. The first-order valence-electron chi connectivity index (χ1n) is 7.34. The molecular formula is C16H18N2O2S2. The normalized spacial score (nSPS) is 21.8. The predicted octanol–water partition coefficient (Wildman–Crippen LogP) is 2.22. The summed E-state index contributed by atoms with van der Waals surface area (Å²) in [4.78, 5) is 17.2. The van der Waals surface area contributed by atoms with Crippen molar-refractivity contribution in [1.82, 2.24) is 9.80 Å². The van der Waals surface area contributed by atoms with Gasteiger partial charge in [-0.05, 0) is 11.6 Å². The van der Waals surface area contributed by atoms with Gasteiger partial charge in [0, 0.05) is 26.2 Å². The predicted molar refractivity (Wildman–Crippen MR) is 93.6 cm³/mol. The molecule has 2 aliphatic rings. The van der Waals surface area contributed by atoms with Gasteiger partial charge in [-0.2, -0.15) is 0 Å². The van der Waals surface area contributed by atoms with Gasteiger partial charge in [-0.1, -0.05) is 54.3 Å². The first kappa shape index (κ1) is 15.7. The number of thiocarbonyl (C=S) groups is 1. The minimum absolute atomic E-state index is 0.0205. The molecule has 0 radical (unpaired) electrons. The van der Waals surface area contributed by atoms with Gasteiger partial charge in [0.1, 0.15) is 4.32 Å². The monoisotopic (exact) mass is 334 g/mol. The number of carbonyl (C=O) groups is 1. The van der Waals surface area contributed by atoms with Gasteiger partial charge in [-0.25, -0.2) is 0 Å². The Morgan fingerprint density at radius 2 is 1.91 bits per heavy atom. The van der Waals surface area contributed by atoms with Gasteiger partial charge in [-0.3, -0.25) is 14.6 Å². The molecule has 4 nitrogen and oxygen atoms in total. The summed E-state index contributed by atoms with van der Waals surface area (Å²) in [6, 6.07) is 9.86. The van der Waals surface area contributed by atoms with E-state index in [1.165, 1.54) is 11.8 Å². The van der Waals surface area contributed by atoms with Gasteiger partial charge in [0.15, 0.2) is 0 Å². The van der Waals surface area contributed by atoms with E-state index in [4.69, 9.17) is 17.0 Å². The van der Waals surface area contributed by atoms with Crippen molar-refractivity contribution < 1.29 is 9.53 Å². The fourth-order valence-electron chi connectivity index (χ4n) is 2.46. The Labute approximate surface area is 140 Å². The number of nitrogens with zero attached hydrogens (tertiary/aromatic N) is 2. The van der Waals surface area contributed by atoms with Crippen molar-refractivity contribution in [2.24, 2.45) is 0 Å². The van der Waals surface area contributed by atoms with Gasteiger partial charge in [0.05, 0.1) is 18.1 Å². The molecule has 2 heterocycles. The molecule has 0 atom stereocenters. The van der Waals surface area contributed by atoms with Crippen molar-refractivity contribution >= 4 is 40.3 Å². The van der Waals surface area contributed by atoms with Gasteiger partial charge in [0.2, 0.25) is 0 Å². The van der Waals surface area contributed by atoms with E-state index in [0.29, 0.717) is 15.8 Å². The third kappa shape index (κ3) is 3.76. The van der Waals surface area contributed by atoms with Crippen LogP contribution in [0, 0.1) is 0 Å². The van der Waals surface area contributed by atoms with E-state index >= 15 is 0 Å². The highest BCUT2D eigenvalue weighted by Gasteiger charge is 2.32. The molecule has 1 aromatic rings. The molecule has 0 saturated carbocycles. The third-order valence-corrected chi connectivity index (χ3v) is 5.09. The minimum atomic E-state index is 0.0205. The number of benzene rings is 1. The number of morpholine rings is 1. The van der Waals surface area contributed by atoms with Crippen LogP contribution in [-0.4, -0.2) is 59.4 Å². The van der Waals surface area contributed by atoms with E-state index < -0.39 is 0 Å². The maximum absolute atomic E-state index is 12.5. The standard InChI is InChI=1S/C16H18N2O2S2/c19-15-14(12-13-4-2-1-3-5-13)22-16(21)18(15)7-6-17-8-10-20-11-9-17/h1-5,12H,6-11H2/b14-12-. The van der Waals surface area contributed by atoms with Crippen LogP contribution in [0.25, 0.3) is 6.08 Å². The SMILES string of the molecule is O=C1/C(=C/c2ccccc2)SC(=S)N1CCN1CCOCC1. The summed E-state index contributed by atoms with van der Waals surface area (Å²) in [6.07, 6.45) is 1.91. The molecule has 116 valence electrons. The number of amides is 1. The zero-order valence-electron chi connectivity index (χ0n) is 12.2. The van der Waals surface area contributed by atoms with Crippen LogP contribution in [0.5, 0.6) is 0 Å². The molecule has 0 bridgehead atoms. The summed E-state index contributed by atoms with van der Waals surface area (Å²) in [5, 5.41) is 0. The molecule has 6 heteroatoms. The number of hydrogen-bond donors (Lipinski definition) is 0. The Bertz CT molecular complexity index is 583. The van der Waals surface area contributed by atoms with Crippen molar-refractivity contribution in [3.05, 3.63) is 40.8 Å². The lowest BCUT2D eigenvalue weighted by molar-refractivity contribution is -0.122. The second-order valence-corrected chi connectivity index (χ2v) is 6.87. The molecule has 0 aliphatic carbocycles. The number of thioether (sulfide) groups is 1. The number of rotatable bonds is 4. The molecule has 2 fully saturated rings. The molecule has 1 amide bonds. The summed E-state index contributed by atoms with van der Waals surface area (Å²) < 4.78 is 5.99. The van der Waals surface area contributed by atoms with Gasteiger partial charge in [0.25, 0.3) is 5.91 Å². The quantitative estimate of drug-likeness (QED) is 0.623. The Morgan fingerprint density at radius 3 is 2.64 bits per heavy atom. The van der Waals surface area contributed by atoms with Crippen molar-refractivity contribution in [1.29, 1.82) is 0 Å². The fourth-order valence-corrected chi connectivity index (χ4v) is 3.77. The Kier molecular flexibility index (Phi) is 5.25. The Hall–Kier alpha value is -1.21. The largest absolute Gasteiger partial charge is 0.379 e. The number of carbonyl (C=O) groups excluding carboxylic acids is 1. The van der Waals surface area contributed by atoms with Crippen LogP contribution >= 0.6 is 24.0 Å². The van der Waals surface area contributed by atoms with Gasteiger partial charge >= 0.3 is 0 Å². The molecule has 22 heavy (non-hydrogen) atoms.